The first-order valence-electron chi connectivity index (χ1n) is 12.0. The van der Waals surface area contributed by atoms with Gasteiger partial charge >= 0.3 is 0 Å². The number of aromatic nitrogens is 3. The van der Waals surface area contributed by atoms with Gasteiger partial charge in [-0.2, -0.15) is 0 Å². The first-order chi connectivity index (χ1) is 17.8. The molecule has 8 nitrogen and oxygen atoms in total. The summed E-state index contributed by atoms with van der Waals surface area (Å²) >= 11 is 0. The lowest BCUT2D eigenvalue weighted by Crippen LogP contribution is -2.19. The van der Waals surface area contributed by atoms with E-state index in [1.54, 1.807) is 24.1 Å². The molecule has 0 spiro atoms. The number of hydrogen-bond donors (Lipinski definition) is 2. The fourth-order valence-electron chi connectivity index (χ4n) is 4.86. The van der Waals surface area contributed by atoms with Gasteiger partial charge in [0.1, 0.15) is 24.2 Å². The van der Waals surface area contributed by atoms with Crippen molar-refractivity contribution in [1.82, 2.24) is 14.5 Å². The maximum atomic E-state index is 13.4. The van der Waals surface area contributed by atoms with Crippen LogP contribution in [0.4, 0.5) is 0 Å². The average Bonchev–Trinajstić information content (AvgIpc) is 3.18. The molecule has 0 saturated carbocycles. The molecule has 2 heterocycles. The van der Waals surface area contributed by atoms with Crippen LogP contribution in [-0.2, 0) is 4.74 Å². The van der Waals surface area contributed by atoms with E-state index in [0.29, 0.717) is 34.3 Å². The molecule has 0 radical (unpaired) electrons. The second-order valence-corrected chi connectivity index (χ2v) is 9.01. The topological polar surface area (TPSA) is 112 Å². The molecule has 0 atom stereocenters. The van der Waals surface area contributed by atoms with Crippen molar-refractivity contribution in [2.75, 3.05) is 20.3 Å². The number of rotatable bonds is 7. The van der Waals surface area contributed by atoms with E-state index in [-0.39, 0.29) is 12.2 Å². The predicted molar refractivity (Wildman–Crippen MR) is 145 cm³/mol. The standard InChI is InChI=1S/C29H28N4O4/c1-16-18(3)32-27-25(16)21(14-24(26(27)28(30)34)37-13-12-36-4)19-9-7-11-23(17(19)2)33-15-31-22-10-6-5-8-20(22)29(33)35/h5-11,14-15,32H,12-13H2,1-4H3,(H2,30,34). The molecule has 1 amide bonds. The second kappa shape index (κ2) is 9.55. The van der Waals surface area contributed by atoms with Gasteiger partial charge in [-0.1, -0.05) is 24.3 Å². The van der Waals surface area contributed by atoms with Crippen LogP contribution in [0.2, 0.25) is 0 Å². The maximum Gasteiger partial charge on any atom is 0.265 e. The van der Waals surface area contributed by atoms with Gasteiger partial charge in [0, 0.05) is 18.2 Å². The number of H-pyrrole nitrogens is 1. The molecule has 0 aliphatic heterocycles. The van der Waals surface area contributed by atoms with Crippen molar-refractivity contribution in [2.24, 2.45) is 5.73 Å². The van der Waals surface area contributed by atoms with Crippen LogP contribution in [0.3, 0.4) is 0 Å². The van der Waals surface area contributed by atoms with E-state index in [0.717, 1.165) is 39.0 Å². The number of fused-ring (bicyclic) bond motifs is 2. The minimum absolute atomic E-state index is 0.141. The van der Waals surface area contributed by atoms with Crippen molar-refractivity contribution in [3.63, 3.8) is 0 Å². The molecule has 0 aliphatic rings. The predicted octanol–water partition coefficient (Wildman–Crippen LogP) is 4.58. The number of nitrogens with one attached hydrogen (secondary N) is 1. The van der Waals surface area contributed by atoms with Gasteiger partial charge in [-0.3, -0.25) is 14.2 Å². The highest BCUT2D eigenvalue weighted by atomic mass is 16.5. The summed E-state index contributed by atoms with van der Waals surface area (Å²) in [4.78, 5) is 33.7. The summed E-state index contributed by atoms with van der Waals surface area (Å²) in [6.07, 6.45) is 1.56. The first-order valence-corrected chi connectivity index (χ1v) is 12.0. The Balaban J connectivity index is 1.78. The molecule has 0 fully saturated rings. The molecule has 8 heteroatoms. The number of para-hydroxylation sites is 1. The van der Waals surface area contributed by atoms with Crippen LogP contribution >= 0.6 is 0 Å². The number of hydrogen-bond acceptors (Lipinski definition) is 5. The summed E-state index contributed by atoms with van der Waals surface area (Å²) < 4.78 is 12.7. The Labute approximate surface area is 213 Å². The van der Waals surface area contributed by atoms with Crippen molar-refractivity contribution < 1.29 is 14.3 Å². The van der Waals surface area contributed by atoms with E-state index in [4.69, 9.17) is 15.2 Å². The number of carbonyl (C=O) groups excluding carboxylic acids is 1. The van der Waals surface area contributed by atoms with Crippen LogP contribution in [-0.4, -0.2) is 40.8 Å². The maximum absolute atomic E-state index is 13.4. The number of methoxy groups -OCH3 is 1. The number of nitrogens with zero attached hydrogens (tertiary/aromatic N) is 2. The molecule has 37 heavy (non-hydrogen) atoms. The quantitative estimate of drug-likeness (QED) is 0.320. The SMILES string of the molecule is COCCOc1cc(-c2cccc(-n3cnc4ccccc4c3=O)c2C)c2c(C)c(C)[nH]c2c1C(N)=O. The monoisotopic (exact) mass is 496 g/mol. The zero-order chi connectivity index (χ0) is 26.3. The summed E-state index contributed by atoms with van der Waals surface area (Å²) in [5.74, 6) is -0.202. The summed E-state index contributed by atoms with van der Waals surface area (Å²) in [7, 11) is 1.59. The third-order valence-electron chi connectivity index (χ3n) is 6.85. The highest BCUT2D eigenvalue weighted by Crippen LogP contribution is 2.41. The molecule has 2 aromatic heterocycles. The van der Waals surface area contributed by atoms with Gasteiger partial charge in [0.15, 0.2) is 0 Å². The third kappa shape index (κ3) is 4.05. The smallest absolute Gasteiger partial charge is 0.265 e. The van der Waals surface area contributed by atoms with Gasteiger partial charge in [-0.15, -0.1) is 0 Å². The summed E-state index contributed by atoms with van der Waals surface area (Å²) in [6.45, 7) is 6.56. The Morgan fingerprint density at radius 3 is 2.57 bits per heavy atom. The lowest BCUT2D eigenvalue weighted by Gasteiger charge is -2.18. The lowest BCUT2D eigenvalue weighted by molar-refractivity contribution is 0.0994. The van der Waals surface area contributed by atoms with Crippen molar-refractivity contribution in [2.45, 2.75) is 20.8 Å². The Morgan fingerprint density at radius 2 is 1.81 bits per heavy atom. The average molecular weight is 497 g/mol. The Bertz CT molecular complexity index is 1730. The number of aromatic amines is 1. The minimum Gasteiger partial charge on any atom is -0.490 e. The molecular weight excluding hydrogens is 468 g/mol. The van der Waals surface area contributed by atoms with Crippen LogP contribution in [0.15, 0.2) is 59.7 Å². The number of benzene rings is 3. The number of amides is 1. The second-order valence-electron chi connectivity index (χ2n) is 9.01. The molecular formula is C29H28N4O4. The molecule has 5 aromatic rings. The fourth-order valence-corrected chi connectivity index (χ4v) is 4.86. The van der Waals surface area contributed by atoms with Crippen LogP contribution in [0.1, 0.15) is 27.2 Å². The normalized spacial score (nSPS) is 11.4. The molecule has 188 valence electrons. The van der Waals surface area contributed by atoms with Crippen molar-refractivity contribution >= 4 is 27.7 Å². The van der Waals surface area contributed by atoms with E-state index < -0.39 is 5.91 Å². The molecule has 0 saturated heterocycles. The van der Waals surface area contributed by atoms with Gasteiger partial charge in [0.2, 0.25) is 0 Å². The van der Waals surface area contributed by atoms with E-state index >= 15 is 0 Å². The molecule has 5 rings (SSSR count). The number of carbonyl (C=O) groups is 1. The number of aryl methyl sites for hydroxylation is 2. The van der Waals surface area contributed by atoms with Crippen LogP contribution in [0, 0.1) is 20.8 Å². The van der Waals surface area contributed by atoms with Crippen LogP contribution < -0.4 is 16.0 Å². The van der Waals surface area contributed by atoms with Gasteiger partial charge in [-0.05, 0) is 67.3 Å². The van der Waals surface area contributed by atoms with Crippen molar-refractivity contribution in [1.29, 1.82) is 0 Å². The molecule has 0 unspecified atom stereocenters. The van der Waals surface area contributed by atoms with Crippen LogP contribution in [0.5, 0.6) is 5.75 Å². The molecule has 3 aromatic carbocycles. The van der Waals surface area contributed by atoms with E-state index in [2.05, 4.69) is 9.97 Å². The van der Waals surface area contributed by atoms with Gasteiger partial charge in [0.25, 0.3) is 11.5 Å². The summed E-state index contributed by atoms with van der Waals surface area (Å²) in [5, 5.41) is 1.43. The summed E-state index contributed by atoms with van der Waals surface area (Å²) in [5.41, 5.74) is 12.6. The number of ether oxygens (including phenoxy) is 2. The van der Waals surface area contributed by atoms with Crippen molar-refractivity contribution in [3.05, 3.63) is 87.6 Å². The Hall–Kier alpha value is -4.43. The van der Waals surface area contributed by atoms with Crippen molar-refractivity contribution in [3.8, 4) is 22.6 Å². The number of primary amides is 1. The minimum atomic E-state index is -0.579. The molecule has 3 N–H and O–H groups in total. The first kappa shape index (κ1) is 24.3. The molecule has 0 bridgehead atoms. The Kier molecular flexibility index (Phi) is 6.27. The van der Waals surface area contributed by atoms with Gasteiger partial charge in [-0.25, -0.2) is 4.98 Å². The van der Waals surface area contributed by atoms with Gasteiger partial charge in [0.05, 0.1) is 28.7 Å². The largest absolute Gasteiger partial charge is 0.490 e. The Morgan fingerprint density at radius 1 is 1.03 bits per heavy atom. The zero-order valence-electron chi connectivity index (χ0n) is 21.2. The summed E-state index contributed by atoms with van der Waals surface area (Å²) in [6, 6.07) is 15.0. The highest BCUT2D eigenvalue weighted by Gasteiger charge is 2.23. The van der Waals surface area contributed by atoms with Gasteiger partial charge < -0.3 is 20.2 Å². The molecule has 0 aliphatic carbocycles. The lowest BCUT2D eigenvalue weighted by atomic mass is 9.92. The fraction of sp³-hybridized carbons (Fsp3) is 0.207. The highest BCUT2D eigenvalue weighted by molar-refractivity contribution is 6.13. The van der Waals surface area contributed by atoms with E-state index in [9.17, 15) is 9.59 Å². The van der Waals surface area contributed by atoms with E-state index in [1.165, 1.54) is 0 Å². The van der Waals surface area contributed by atoms with E-state index in [1.807, 2.05) is 63.2 Å². The zero-order valence-corrected chi connectivity index (χ0v) is 21.2. The third-order valence-corrected chi connectivity index (χ3v) is 6.85. The van der Waals surface area contributed by atoms with Crippen LogP contribution in [0.25, 0.3) is 38.6 Å². The number of nitrogens with two attached hydrogens (primary N) is 1.